The van der Waals surface area contributed by atoms with Crippen LogP contribution in [0, 0.1) is 0 Å². The summed E-state index contributed by atoms with van der Waals surface area (Å²) >= 11 is 0. The molecule has 1 amide bonds. The largest absolute Gasteiger partial charge is 0.375 e. The third kappa shape index (κ3) is 2.70. The van der Waals surface area contributed by atoms with E-state index in [4.69, 9.17) is 4.74 Å². The first-order valence-corrected chi connectivity index (χ1v) is 7.18. The second-order valence-electron chi connectivity index (χ2n) is 5.38. The molecule has 1 aliphatic heterocycles. The van der Waals surface area contributed by atoms with Gasteiger partial charge in [0.05, 0.1) is 12.7 Å². The number of para-hydroxylation sites is 1. The quantitative estimate of drug-likeness (QED) is 0.932. The number of nitrogens with one attached hydrogen (secondary N) is 1. The van der Waals surface area contributed by atoms with E-state index in [9.17, 15) is 4.79 Å². The lowest BCUT2D eigenvalue weighted by Gasteiger charge is -2.31. The fourth-order valence-corrected chi connectivity index (χ4v) is 2.78. The van der Waals surface area contributed by atoms with Crippen molar-refractivity contribution in [1.82, 2.24) is 9.88 Å². The van der Waals surface area contributed by atoms with Gasteiger partial charge in [-0.1, -0.05) is 18.2 Å². The van der Waals surface area contributed by atoms with E-state index in [1.165, 1.54) is 10.9 Å². The molecule has 20 heavy (non-hydrogen) atoms. The van der Waals surface area contributed by atoms with Crippen LogP contribution in [0.1, 0.15) is 18.9 Å². The molecule has 4 heteroatoms. The van der Waals surface area contributed by atoms with E-state index in [1.807, 2.05) is 30.2 Å². The van der Waals surface area contributed by atoms with Crippen molar-refractivity contribution < 1.29 is 9.53 Å². The Morgan fingerprint density at radius 3 is 3.15 bits per heavy atom. The Bertz CT molecular complexity index is 605. The molecule has 1 N–H and O–H groups in total. The van der Waals surface area contributed by atoms with Gasteiger partial charge >= 0.3 is 0 Å². The molecule has 1 fully saturated rings. The molecule has 0 bridgehead atoms. The van der Waals surface area contributed by atoms with Gasteiger partial charge in [-0.2, -0.15) is 0 Å². The van der Waals surface area contributed by atoms with E-state index in [0.29, 0.717) is 19.6 Å². The summed E-state index contributed by atoms with van der Waals surface area (Å²) in [5.41, 5.74) is 2.35. The summed E-state index contributed by atoms with van der Waals surface area (Å²) < 4.78 is 5.47. The predicted molar refractivity (Wildman–Crippen MR) is 78.6 cm³/mol. The summed E-state index contributed by atoms with van der Waals surface area (Å²) in [7, 11) is 0. The molecular formula is C16H20N2O2. The fraction of sp³-hybridized carbons (Fsp3) is 0.438. The number of carbonyl (C=O) groups excluding carboxylic acids is 1. The lowest BCUT2D eigenvalue weighted by atomic mass is 10.1. The molecular weight excluding hydrogens is 252 g/mol. The molecule has 1 unspecified atom stereocenters. The number of hydrogen-bond acceptors (Lipinski definition) is 2. The number of aryl methyl sites for hydroxylation is 1. The molecule has 4 nitrogen and oxygen atoms in total. The van der Waals surface area contributed by atoms with E-state index in [2.05, 4.69) is 17.1 Å². The number of morpholine rings is 1. The smallest absolute Gasteiger partial charge is 0.223 e. The van der Waals surface area contributed by atoms with Gasteiger partial charge in [0.15, 0.2) is 0 Å². The van der Waals surface area contributed by atoms with Gasteiger partial charge in [-0.25, -0.2) is 0 Å². The normalized spacial score (nSPS) is 19.4. The van der Waals surface area contributed by atoms with Gasteiger partial charge in [-0.3, -0.25) is 4.79 Å². The Morgan fingerprint density at radius 2 is 2.30 bits per heavy atom. The monoisotopic (exact) mass is 272 g/mol. The maximum Gasteiger partial charge on any atom is 0.223 e. The molecule has 2 aromatic rings. The number of amides is 1. The first-order chi connectivity index (χ1) is 9.74. The zero-order chi connectivity index (χ0) is 13.9. The molecule has 106 valence electrons. The van der Waals surface area contributed by atoms with E-state index in [1.54, 1.807) is 0 Å². The van der Waals surface area contributed by atoms with Gasteiger partial charge in [-0.05, 0) is 25.0 Å². The Balaban J connectivity index is 1.63. The number of aromatic amines is 1. The Labute approximate surface area is 118 Å². The summed E-state index contributed by atoms with van der Waals surface area (Å²) in [6, 6.07) is 8.21. The number of carbonyl (C=O) groups is 1. The standard InChI is InChI=1S/C16H20N2O2/c1-12-11-18(8-9-20-12)16(19)7-6-13-10-17-15-5-3-2-4-14(13)15/h2-5,10,12,17H,6-9,11H2,1H3. The number of rotatable bonds is 3. The molecule has 0 spiro atoms. The summed E-state index contributed by atoms with van der Waals surface area (Å²) in [5.74, 6) is 0.227. The van der Waals surface area contributed by atoms with Crippen LogP contribution in [0.15, 0.2) is 30.5 Å². The summed E-state index contributed by atoms with van der Waals surface area (Å²) in [6.45, 7) is 4.10. The van der Waals surface area contributed by atoms with Crippen molar-refractivity contribution >= 4 is 16.8 Å². The van der Waals surface area contributed by atoms with Crippen LogP contribution in [0.4, 0.5) is 0 Å². The maximum absolute atomic E-state index is 12.2. The van der Waals surface area contributed by atoms with Crippen LogP contribution in [0.3, 0.4) is 0 Å². The number of hydrogen-bond donors (Lipinski definition) is 1. The Kier molecular flexibility index (Phi) is 3.74. The van der Waals surface area contributed by atoms with Crippen molar-refractivity contribution in [2.24, 2.45) is 0 Å². The SMILES string of the molecule is CC1CN(C(=O)CCc2c[nH]c3ccccc23)CCO1. The van der Waals surface area contributed by atoms with E-state index in [0.717, 1.165) is 18.5 Å². The van der Waals surface area contributed by atoms with Crippen LogP contribution in [0.5, 0.6) is 0 Å². The highest BCUT2D eigenvalue weighted by Gasteiger charge is 2.21. The van der Waals surface area contributed by atoms with Gasteiger partial charge in [0.2, 0.25) is 5.91 Å². The van der Waals surface area contributed by atoms with E-state index in [-0.39, 0.29) is 12.0 Å². The molecule has 1 aromatic carbocycles. The number of benzene rings is 1. The van der Waals surface area contributed by atoms with Gasteiger partial charge in [-0.15, -0.1) is 0 Å². The molecule has 3 rings (SSSR count). The number of nitrogens with zero attached hydrogens (tertiary/aromatic N) is 1. The topological polar surface area (TPSA) is 45.3 Å². The van der Waals surface area contributed by atoms with Gasteiger partial charge in [0.1, 0.15) is 0 Å². The van der Waals surface area contributed by atoms with Crippen LogP contribution in [0.2, 0.25) is 0 Å². The molecule has 0 saturated carbocycles. The zero-order valence-electron chi connectivity index (χ0n) is 11.8. The highest BCUT2D eigenvalue weighted by molar-refractivity contribution is 5.84. The second kappa shape index (κ2) is 5.67. The van der Waals surface area contributed by atoms with Crippen molar-refractivity contribution in [3.8, 4) is 0 Å². The third-order valence-electron chi connectivity index (χ3n) is 3.88. The van der Waals surface area contributed by atoms with E-state index >= 15 is 0 Å². The second-order valence-corrected chi connectivity index (χ2v) is 5.38. The minimum Gasteiger partial charge on any atom is -0.375 e. The van der Waals surface area contributed by atoms with Gasteiger partial charge in [0.25, 0.3) is 0 Å². The first kappa shape index (κ1) is 13.2. The molecule has 1 aromatic heterocycles. The molecule has 0 aliphatic carbocycles. The van der Waals surface area contributed by atoms with Crippen molar-refractivity contribution in [1.29, 1.82) is 0 Å². The molecule has 0 radical (unpaired) electrons. The lowest BCUT2D eigenvalue weighted by Crippen LogP contribution is -2.44. The average molecular weight is 272 g/mol. The fourth-order valence-electron chi connectivity index (χ4n) is 2.78. The van der Waals surface area contributed by atoms with Gasteiger partial charge in [0, 0.05) is 36.6 Å². The molecule has 2 heterocycles. The summed E-state index contributed by atoms with van der Waals surface area (Å²) in [6.07, 6.45) is 3.52. The van der Waals surface area contributed by atoms with Crippen LogP contribution in [-0.2, 0) is 16.0 Å². The predicted octanol–water partition coefficient (Wildman–Crippen LogP) is 2.35. The van der Waals surface area contributed by atoms with E-state index < -0.39 is 0 Å². The van der Waals surface area contributed by atoms with Crippen molar-refractivity contribution in [3.05, 3.63) is 36.0 Å². The highest BCUT2D eigenvalue weighted by atomic mass is 16.5. The minimum absolute atomic E-state index is 0.154. The first-order valence-electron chi connectivity index (χ1n) is 7.18. The van der Waals surface area contributed by atoms with Crippen LogP contribution < -0.4 is 0 Å². The molecule has 1 saturated heterocycles. The Morgan fingerprint density at radius 1 is 1.45 bits per heavy atom. The summed E-state index contributed by atoms with van der Waals surface area (Å²) in [5, 5.41) is 1.22. The number of H-pyrrole nitrogens is 1. The number of ether oxygens (including phenoxy) is 1. The summed E-state index contributed by atoms with van der Waals surface area (Å²) in [4.78, 5) is 17.4. The van der Waals surface area contributed by atoms with Gasteiger partial charge < -0.3 is 14.6 Å². The van der Waals surface area contributed by atoms with Crippen LogP contribution in [0.25, 0.3) is 10.9 Å². The number of aromatic nitrogens is 1. The maximum atomic E-state index is 12.2. The molecule has 1 aliphatic rings. The zero-order valence-corrected chi connectivity index (χ0v) is 11.8. The number of fused-ring (bicyclic) bond motifs is 1. The Hall–Kier alpha value is -1.81. The minimum atomic E-state index is 0.154. The third-order valence-corrected chi connectivity index (χ3v) is 3.88. The average Bonchev–Trinajstić information content (AvgIpc) is 2.88. The van der Waals surface area contributed by atoms with Crippen molar-refractivity contribution in [3.63, 3.8) is 0 Å². The van der Waals surface area contributed by atoms with Crippen molar-refractivity contribution in [2.75, 3.05) is 19.7 Å². The molecule has 1 atom stereocenters. The lowest BCUT2D eigenvalue weighted by molar-refractivity contribution is -0.138. The van der Waals surface area contributed by atoms with Crippen LogP contribution >= 0.6 is 0 Å². The van der Waals surface area contributed by atoms with Crippen LogP contribution in [-0.4, -0.2) is 41.6 Å². The van der Waals surface area contributed by atoms with Crippen molar-refractivity contribution in [2.45, 2.75) is 25.9 Å². The highest BCUT2D eigenvalue weighted by Crippen LogP contribution is 2.19.